The van der Waals surface area contributed by atoms with E-state index in [-0.39, 0.29) is 0 Å². The maximum atomic E-state index is 4.63. The molecule has 1 heterocycles. The first-order chi connectivity index (χ1) is 6.67. The molecular formula is C12H15NS. The maximum Gasteiger partial charge on any atom is 0.0977 e. The third-order valence-electron chi connectivity index (χ3n) is 2.27. The first kappa shape index (κ1) is 9.78. The zero-order valence-electron chi connectivity index (χ0n) is 8.66. The van der Waals surface area contributed by atoms with Crippen LogP contribution in [0.5, 0.6) is 0 Å². The summed E-state index contributed by atoms with van der Waals surface area (Å²) in [5.74, 6) is 1.17. The van der Waals surface area contributed by atoms with Crippen molar-refractivity contribution in [2.45, 2.75) is 13.8 Å². The quantitative estimate of drug-likeness (QED) is 0.686. The fraction of sp³-hybridized carbons (Fsp3) is 0.417. The molecule has 1 aromatic carbocycles. The van der Waals surface area contributed by atoms with Crippen molar-refractivity contribution in [1.29, 1.82) is 0 Å². The Morgan fingerprint density at radius 2 is 1.93 bits per heavy atom. The smallest absolute Gasteiger partial charge is 0.0977 e. The van der Waals surface area contributed by atoms with Crippen LogP contribution in [0.4, 0.5) is 0 Å². The Kier molecular flexibility index (Phi) is 2.64. The first-order valence-corrected chi connectivity index (χ1v) is 5.89. The van der Waals surface area contributed by atoms with E-state index in [0.717, 1.165) is 6.54 Å². The number of hydrogen-bond acceptors (Lipinski definition) is 2. The minimum absolute atomic E-state index is 0.364. The number of nitrogens with zero attached hydrogens (tertiary/aromatic N) is 1. The number of aliphatic imine (C=N–C) groups is 1. The third kappa shape index (κ3) is 2.18. The summed E-state index contributed by atoms with van der Waals surface area (Å²) in [6.07, 6.45) is 0. The van der Waals surface area contributed by atoms with Crippen molar-refractivity contribution in [3.8, 4) is 0 Å². The second-order valence-electron chi connectivity index (χ2n) is 4.44. The van der Waals surface area contributed by atoms with Gasteiger partial charge in [-0.15, -0.1) is 11.8 Å². The molecule has 0 fully saturated rings. The van der Waals surface area contributed by atoms with Gasteiger partial charge in [0.15, 0.2) is 0 Å². The van der Waals surface area contributed by atoms with Gasteiger partial charge in [0.2, 0.25) is 0 Å². The van der Waals surface area contributed by atoms with Crippen LogP contribution in [-0.4, -0.2) is 17.3 Å². The minimum Gasteiger partial charge on any atom is -0.277 e. The van der Waals surface area contributed by atoms with Crippen molar-refractivity contribution in [1.82, 2.24) is 0 Å². The minimum atomic E-state index is 0.364. The molecule has 0 aromatic heterocycles. The van der Waals surface area contributed by atoms with Crippen molar-refractivity contribution in [3.63, 3.8) is 0 Å². The van der Waals surface area contributed by atoms with Crippen LogP contribution < -0.4 is 0 Å². The highest BCUT2D eigenvalue weighted by atomic mass is 32.2. The molecule has 0 amide bonds. The monoisotopic (exact) mass is 205 g/mol. The van der Waals surface area contributed by atoms with Crippen LogP contribution in [0.25, 0.3) is 0 Å². The van der Waals surface area contributed by atoms with E-state index < -0.39 is 0 Å². The lowest BCUT2D eigenvalue weighted by Crippen LogP contribution is -2.24. The second kappa shape index (κ2) is 3.77. The molecule has 0 spiro atoms. The summed E-state index contributed by atoms with van der Waals surface area (Å²) in [4.78, 5) is 4.63. The van der Waals surface area contributed by atoms with Crippen LogP contribution in [0.15, 0.2) is 35.3 Å². The van der Waals surface area contributed by atoms with Crippen molar-refractivity contribution >= 4 is 16.8 Å². The molecule has 0 bridgehead atoms. The molecule has 1 aliphatic rings. The van der Waals surface area contributed by atoms with E-state index in [1.807, 2.05) is 17.8 Å². The molecule has 2 rings (SSSR count). The molecule has 74 valence electrons. The van der Waals surface area contributed by atoms with Crippen molar-refractivity contribution < 1.29 is 0 Å². The highest BCUT2D eigenvalue weighted by molar-refractivity contribution is 8.14. The van der Waals surface area contributed by atoms with E-state index >= 15 is 0 Å². The highest BCUT2D eigenvalue weighted by Gasteiger charge is 2.23. The molecule has 0 saturated carbocycles. The lowest BCUT2D eigenvalue weighted by atomic mass is 9.97. The summed E-state index contributed by atoms with van der Waals surface area (Å²) in [5, 5.41) is 1.20. The second-order valence-corrected chi connectivity index (χ2v) is 5.40. The van der Waals surface area contributed by atoms with Crippen LogP contribution in [0.1, 0.15) is 19.4 Å². The lowest BCUT2D eigenvalue weighted by molar-refractivity contribution is 0.438. The molecule has 1 aromatic rings. The van der Waals surface area contributed by atoms with Gasteiger partial charge in [-0.1, -0.05) is 44.2 Å². The van der Waals surface area contributed by atoms with Gasteiger partial charge in [0, 0.05) is 17.9 Å². The highest BCUT2D eigenvalue weighted by Crippen LogP contribution is 2.30. The molecule has 0 saturated heterocycles. The standard InChI is InChI=1S/C12H15NS/c1-12(2)8-13-11(14-9-12)10-6-4-3-5-7-10/h3-7H,8-9H2,1-2H3. The van der Waals surface area contributed by atoms with Gasteiger partial charge >= 0.3 is 0 Å². The van der Waals surface area contributed by atoms with Gasteiger partial charge < -0.3 is 0 Å². The molecular weight excluding hydrogens is 190 g/mol. The molecule has 0 aliphatic carbocycles. The Balaban J connectivity index is 2.19. The maximum absolute atomic E-state index is 4.63. The van der Waals surface area contributed by atoms with Gasteiger partial charge in [-0.3, -0.25) is 4.99 Å². The van der Waals surface area contributed by atoms with Crippen LogP contribution in [0.2, 0.25) is 0 Å². The average molecular weight is 205 g/mol. The molecule has 0 atom stereocenters. The summed E-state index contributed by atoms with van der Waals surface area (Å²) in [7, 11) is 0. The largest absolute Gasteiger partial charge is 0.277 e. The Hall–Kier alpha value is -0.760. The number of hydrogen-bond donors (Lipinski definition) is 0. The summed E-state index contributed by atoms with van der Waals surface area (Å²) < 4.78 is 0. The van der Waals surface area contributed by atoms with Crippen LogP contribution in [0.3, 0.4) is 0 Å². The zero-order chi connectivity index (χ0) is 10.0. The van der Waals surface area contributed by atoms with Gasteiger partial charge in [-0.05, 0) is 5.41 Å². The normalized spacial score (nSPS) is 20.3. The molecule has 1 nitrogen and oxygen atoms in total. The van der Waals surface area contributed by atoms with Crippen molar-refractivity contribution in [2.75, 3.05) is 12.3 Å². The zero-order valence-corrected chi connectivity index (χ0v) is 9.47. The Labute approximate surface area is 89.6 Å². The van der Waals surface area contributed by atoms with Crippen molar-refractivity contribution in [3.05, 3.63) is 35.9 Å². The molecule has 2 heteroatoms. The summed E-state index contributed by atoms with van der Waals surface area (Å²) in [5.41, 5.74) is 1.62. The van der Waals surface area contributed by atoms with Gasteiger partial charge in [-0.2, -0.15) is 0 Å². The molecule has 0 N–H and O–H groups in total. The van der Waals surface area contributed by atoms with E-state index in [1.54, 1.807) is 0 Å². The molecule has 14 heavy (non-hydrogen) atoms. The first-order valence-electron chi connectivity index (χ1n) is 4.90. The van der Waals surface area contributed by atoms with E-state index in [0.29, 0.717) is 5.41 Å². The van der Waals surface area contributed by atoms with Gasteiger partial charge in [0.25, 0.3) is 0 Å². The van der Waals surface area contributed by atoms with Gasteiger partial charge in [-0.25, -0.2) is 0 Å². The van der Waals surface area contributed by atoms with E-state index in [2.05, 4.69) is 43.1 Å². The summed E-state index contributed by atoms with van der Waals surface area (Å²) in [6.45, 7) is 5.49. The van der Waals surface area contributed by atoms with Crippen LogP contribution in [0, 0.1) is 5.41 Å². The lowest BCUT2D eigenvalue weighted by Gasteiger charge is -2.27. The fourth-order valence-electron chi connectivity index (χ4n) is 1.40. The Bertz CT molecular complexity index is 341. The van der Waals surface area contributed by atoms with Crippen LogP contribution >= 0.6 is 11.8 Å². The summed E-state index contributed by atoms with van der Waals surface area (Å²) in [6, 6.07) is 10.4. The third-order valence-corrected chi connectivity index (χ3v) is 3.84. The topological polar surface area (TPSA) is 12.4 Å². The SMILES string of the molecule is CC1(C)CN=C(c2ccccc2)SC1. The Morgan fingerprint density at radius 1 is 1.21 bits per heavy atom. The van der Waals surface area contributed by atoms with Gasteiger partial charge in [0.05, 0.1) is 5.04 Å². The molecule has 0 radical (unpaired) electrons. The van der Waals surface area contributed by atoms with Crippen molar-refractivity contribution in [2.24, 2.45) is 10.4 Å². The Morgan fingerprint density at radius 3 is 2.50 bits per heavy atom. The molecule has 1 aliphatic heterocycles. The van der Waals surface area contributed by atoms with Crippen LogP contribution in [-0.2, 0) is 0 Å². The fourth-order valence-corrected chi connectivity index (χ4v) is 2.47. The van der Waals surface area contributed by atoms with E-state index in [9.17, 15) is 0 Å². The average Bonchev–Trinajstić information content (AvgIpc) is 2.19. The number of thioether (sulfide) groups is 1. The molecule has 0 unspecified atom stereocenters. The number of benzene rings is 1. The number of rotatable bonds is 1. The van der Waals surface area contributed by atoms with E-state index in [4.69, 9.17) is 0 Å². The van der Waals surface area contributed by atoms with E-state index in [1.165, 1.54) is 16.4 Å². The predicted molar refractivity (Wildman–Crippen MR) is 64.1 cm³/mol. The van der Waals surface area contributed by atoms with Gasteiger partial charge in [0.1, 0.15) is 0 Å². The predicted octanol–water partition coefficient (Wildman–Crippen LogP) is 3.21. The summed E-state index contributed by atoms with van der Waals surface area (Å²) >= 11 is 1.87.